The lowest BCUT2D eigenvalue weighted by atomic mass is 9.83. The molecule has 1 heterocycles. The van der Waals surface area contributed by atoms with Crippen LogP contribution in [0.4, 0.5) is 0 Å². The van der Waals surface area contributed by atoms with Crippen molar-refractivity contribution in [3.05, 3.63) is 158 Å². The van der Waals surface area contributed by atoms with Gasteiger partial charge in [-0.25, -0.2) is 0 Å². The van der Waals surface area contributed by atoms with Gasteiger partial charge >= 0.3 is 0 Å². The third kappa shape index (κ3) is 3.50. The molecule has 0 unspecified atom stereocenters. The molecule has 0 saturated carbocycles. The van der Waals surface area contributed by atoms with Crippen molar-refractivity contribution in [1.82, 2.24) is 0 Å². The Morgan fingerprint density at radius 1 is 0.378 bits per heavy atom. The highest BCUT2D eigenvalue weighted by atomic mass is 16.3. The van der Waals surface area contributed by atoms with Gasteiger partial charge in [-0.15, -0.1) is 0 Å². The third-order valence-corrected chi connectivity index (χ3v) is 9.06. The minimum Gasteiger partial charge on any atom is -0.456 e. The summed E-state index contributed by atoms with van der Waals surface area (Å²) in [6.45, 7) is 0. The van der Waals surface area contributed by atoms with Gasteiger partial charge in [0.25, 0.3) is 0 Å². The van der Waals surface area contributed by atoms with Crippen LogP contribution in [0.15, 0.2) is 162 Å². The van der Waals surface area contributed by atoms with E-state index in [0.29, 0.717) is 38.8 Å². The van der Waals surface area contributed by atoms with Crippen LogP contribution in [-0.4, -0.2) is 0 Å². The van der Waals surface area contributed by atoms with E-state index < -0.39 is 24.2 Å². The van der Waals surface area contributed by atoms with E-state index in [2.05, 4.69) is 24.3 Å². The molecule has 10 aromatic rings. The molecule has 0 aliphatic heterocycles. The summed E-state index contributed by atoms with van der Waals surface area (Å²) in [5.41, 5.74) is 2.93. The average Bonchev–Trinajstić information content (AvgIpc) is 3.57. The van der Waals surface area contributed by atoms with Crippen LogP contribution in [0.1, 0.15) is 11.0 Å². The Morgan fingerprint density at radius 2 is 0.956 bits per heavy atom. The monoisotopic (exact) mass is 578 g/mol. The number of hydrogen-bond donors (Lipinski definition) is 0. The molecule has 1 aromatic heterocycles. The summed E-state index contributed by atoms with van der Waals surface area (Å²) >= 11 is 0. The number of furan rings is 1. The van der Waals surface area contributed by atoms with E-state index in [1.807, 2.05) is 78.9 Å². The van der Waals surface area contributed by atoms with Crippen molar-refractivity contribution in [2.45, 2.75) is 0 Å². The van der Waals surface area contributed by atoms with Crippen LogP contribution < -0.4 is 0 Å². The molecule has 0 amide bonds. The summed E-state index contributed by atoms with van der Waals surface area (Å²) in [6.07, 6.45) is 0. The Balaban J connectivity index is 1.48. The lowest BCUT2D eigenvalue weighted by molar-refractivity contribution is 0.669. The van der Waals surface area contributed by atoms with E-state index in [4.69, 9.17) is 9.90 Å². The molecule has 0 aliphatic carbocycles. The van der Waals surface area contributed by atoms with Crippen LogP contribution in [0.3, 0.4) is 0 Å². The molecule has 0 fully saturated rings. The maximum Gasteiger partial charge on any atom is 0.136 e. The SMILES string of the molecule is [2H]c1c([2H])c([2H])c2c(-c3cccc4oc5ccccc5c34)c3c([2H])c([2H])c([2H])c([2H])c3c(-c3cccc4c3ccc3cc5ccccc5cc34)c2c1[2H]. The van der Waals surface area contributed by atoms with Crippen LogP contribution in [0.25, 0.3) is 98.1 Å². The van der Waals surface area contributed by atoms with Crippen molar-refractivity contribution in [1.29, 1.82) is 0 Å². The van der Waals surface area contributed by atoms with Crippen molar-refractivity contribution in [2.24, 2.45) is 0 Å². The van der Waals surface area contributed by atoms with E-state index in [1.54, 1.807) is 6.07 Å². The van der Waals surface area contributed by atoms with Crippen molar-refractivity contribution in [3.8, 4) is 22.3 Å². The Bertz CT molecular complexity index is 3190. The zero-order valence-electron chi connectivity index (χ0n) is 31.8. The first kappa shape index (κ1) is 18.0. The first-order valence-corrected chi connectivity index (χ1v) is 14.9. The fourth-order valence-electron chi connectivity index (χ4n) is 7.15. The van der Waals surface area contributed by atoms with Crippen LogP contribution in [-0.2, 0) is 0 Å². The topological polar surface area (TPSA) is 13.1 Å². The van der Waals surface area contributed by atoms with Gasteiger partial charge in [0.2, 0.25) is 0 Å². The highest BCUT2D eigenvalue weighted by Gasteiger charge is 2.21. The van der Waals surface area contributed by atoms with Gasteiger partial charge in [0.1, 0.15) is 11.2 Å². The molecule has 1 nitrogen and oxygen atoms in total. The van der Waals surface area contributed by atoms with E-state index in [1.165, 1.54) is 0 Å². The standard InChI is InChI=1S/C44H26O/c1-2-12-28-26-39-29(25-27(28)11-1)23-24-31-30(39)18-9-19-32(31)42-33-13-3-5-15-35(33)43(36-16-6-4-14-34(36)42)38-20-10-22-41-44(38)37-17-7-8-21-40(37)45-41/h1-26H/i3D,4D,5D,6D,13D,14D,15D,16D. The maximum absolute atomic E-state index is 9.46. The summed E-state index contributed by atoms with van der Waals surface area (Å²) < 4.78 is 79.6. The Kier molecular flexibility index (Phi) is 3.72. The van der Waals surface area contributed by atoms with Gasteiger partial charge in [-0.3, -0.25) is 0 Å². The van der Waals surface area contributed by atoms with Gasteiger partial charge < -0.3 is 4.42 Å². The minimum absolute atomic E-state index is 0.171. The van der Waals surface area contributed by atoms with Crippen molar-refractivity contribution in [2.75, 3.05) is 0 Å². The summed E-state index contributed by atoms with van der Waals surface area (Å²) in [7, 11) is 0. The molecule has 208 valence electrons. The zero-order chi connectivity index (χ0) is 36.4. The molecule has 1 heteroatoms. The van der Waals surface area contributed by atoms with Crippen LogP contribution in [0, 0.1) is 0 Å². The molecular formula is C44H26O. The molecular weight excluding hydrogens is 544 g/mol. The number of para-hydroxylation sites is 1. The number of fused-ring (bicyclic) bond motifs is 9. The summed E-state index contributed by atoms with van der Waals surface area (Å²) in [6, 6.07) is 32.3. The Morgan fingerprint density at radius 3 is 1.71 bits per heavy atom. The first-order chi connectivity index (χ1) is 25.7. The number of benzene rings is 9. The van der Waals surface area contributed by atoms with E-state index in [9.17, 15) is 5.48 Å². The predicted octanol–water partition coefficient (Wildman–Crippen LogP) is 12.7. The first-order valence-electron chi connectivity index (χ1n) is 18.9. The molecule has 45 heavy (non-hydrogen) atoms. The molecule has 0 atom stereocenters. The highest BCUT2D eigenvalue weighted by Crippen LogP contribution is 2.48. The van der Waals surface area contributed by atoms with E-state index >= 15 is 0 Å². The lowest BCUT2D eigenvalue weighted by Crippen LogP contribution is -1.92. The van der Waals surface area contributed by atoms with E-state index in [0.717, 1.165) is 37.7 Å². The molecule has 0 bridgehead atoms. The minimum atomic E-state index is -0.435. The molecule has 0 saturated heterocycles. The second kappa shape index (κ2) is 9.29. The molecule has 0 spiro atoms. The van der Waals surface area contributed by atoms with Crippen LogP contribution in [0.5, 0.6) is 0 Å². The molecule has 9 aromatic carbocycles. The molecule has 0 radical (unpaired) electrons. The molecule has 10 rings (SSSR count). The van der Waals surface area contributed by atoms with E-state index in [-0.39, 0.29) is 45.7 Å². The average molecular weight is 579 g/mol. The fourth-order valence-corrected chi connectivity index (χ4v) is 7.15. The largest absolute Gasteiger partial charge is 0.456 e. The predicted molar refractivity (Wildman–Crippen MR) is 192 cm³/mol. The van der Waals surface area contributed by atoms with Crippen molar-refractivity contribution < 1.29 is 15.4 Å². The summed E-state index contributed by atoms with van der Waals surface area (Å²) in [5.74, 6) is 0. The van der Waals surface area contributed by atoms with Gasteiger partial charge in [0.05, 0.1) is 11.0 Å². The van der Waals surface area contributed by atoms with Gasteiger partial charge in [-0.2, -0.15) is 0 Å². The molecule has 0 aliphatic rings. The van der Waals surface area contributed by atoms with Crippen LogP contribution >= 0.6 is 0 Å². The van der Waals surface area contributed by atoms with Crippen molar-refractivity contribution in [3.63, 3.8) is 0 Å². The third-order valence-electron chi connectivity index (χ3n) is 9.06. The van der Waals surface area contributed by atoms with Gasteiger partial charge in [-0.05, 0) is 100 Å². The van der Waals surface area contributed by atoms with Gasteiger partial charge in [0, 0.05) is 10.8 Å². The summed E-state index contributed by atoms with van der Waals surface area (Å²) in [4.78, 5) is 0. The maximum atomic E-state index is 9.46. The number of hydrogen-bond acceptors (Lipinski definition) is 1. The highest BCUT2D eigenvalue weighted by molar-refractivity contribution is 6.27. The normalized spacial score (nSPS) is 14.5. The quantitative estimate of drug-likeness (QED) is 0.147. The smallest absolute Gasteiger partial charge is 0.136 e. The zero-order valence-corrected chi connectivity index (χ0v) is 23.8. The summed E-state index contributed by atoms with van der Waals surface area (Å²) in [5, 5.41) is 8.06. The molecule has 0 N–H and O–H groups in total. The van der Waals surface area contributed by atoms with Gasteiger partial charge in [0.15, 0.2) is 0 Å². The van der Waals surface area contributed by atoms with Gasteiger partial charge in [-0.1, -0.05) is 133 Å². The number of rotatable bonds is 2. The lowest BCUT2D eigenvalue weighted by Gasteiger charge is -2.19. The second-order valence-electron chi connectivity index (χ2n) is 11.4. The Hall–Kier alpha value is -5.92. The van der Waals surface area contributed by atoms with Crippen LogP contribution in [0.2, 0.25) is 0 Å². The fraction of sp³-hybridized carbons (Fsp3) is 0. The van der Waals surface area contributed by atoms with Crippen molar-refractivity contribution >= 4 is 75.8 Å². The second-order valence-corrected chi connectivity index (χ2v) is 11.4. The Labute approximate surface area is 270 Å².